The van der Waals surface area contributed by atoms with Gasteiger partial charge in [-0.2, -0.15) is 0 Å². The first-order valence-electron chi connectivity index (χ1n) is 8.70. The molecule has 1 aromatic carbocycles. The van der Waals surface area contributed by atoms with Gasteiger partial charge in [0, 0.05) is 18.6 Å². The number of aliphatic hydroxyl groups excluding tert-OH is 1. The maximum Gasteiger partial charge on any atom is 0.206 e. The first-order valence-corrected chi connectivity index (χ1v) is 8.70. The Morgan fingerprint density at radius 3 is 2.88 bits per heavy atom. The Morgan fingerprint density at radius 1 is 1.29 bits per heavy atom. The third-order valence-electron chi connectivity index (χ3n) is 6.22. The Balaban J connectivity index is 1.76. The SMILES string of the molecule is COc1ccc2c3c1OC1C4(CCC(C=C2)C31CCO)OCCO4. The Hall–Kier alpha value is -1.56. The average Bonchev–Trinajstić information content (AvgIpc) is 3.20. The van der Waals surface area contributed by atoms with E-state index in [2.05, 4.69) is 18.2 Å². The molecule has 2 fully saturated rings. The Labute approximate surface area is 141 Å². The molecule has 1 aromatic rings. The molecule has 24 heavy (non-hydrogen) atoms. The van der Waals surface area contributed by atoms with Gasteiger partial charge < -0.3 is 24.1 Å². The Morgan fingerprint density at radius 2 is 2.12 bits per heavy atom. The fourth-order valence-corrected chi connectivity index (χ4v) is 5.32. The van der Waals surface area contributed by atoms with Crippen LogP contribution in [0.4, 0.5) is 0 Å². The standard InChI is InChI=1S/C19H22O5/c1-21-14-5-3-12-2-4-13-6-7-19(22-10-11-23-19)17-18(13,8-9-20)15(12)16(14)24-17/h2-5,13,17,20H,6-11H2,1H3. The lowest BCUT2D eigenvalue weighted by Crippen LogP contribution is -2.62. The van der Waals surface area contributed by atoms with Crippen LogP contribution in [0.15, 0.2) is 18.2 Å². The highest BCUT2D eigenvalue weighted by atomic mass is 16.8. The number of hydrogen-bond donors (Lipinski definition) is 1. The van der Waals surface area contributed by atoms with E-state index in [1.807, 2.05) is 6.07 Å². The molecule has 0 radical (unpaired) electrons. The van der Waals surface area contributed by atoms with E-state index in [1.54, 1.807) is 7.11 Å². The number of fused-ring (bicyclic) bond motifs is 1. The first-order chi connectivity index (χ1) is 11.7. The second-order valence-electron chi connectivity index (χ2n) is 7.09. The molecule has 2 aliphatic carbocycles. The van der Waals surface area contributed by atoms with Crippen molar-refractivity contribution >= 4 is 6.08 Å². The minimum atomic E-state index is -0.710. The van der Waals surface area contributed by atoms with Crippen molar-refractivity contribution in [3.8, 4) is 11.5 Å². The van der Waals surface area contributed by atoms with Crippen LogP contribution < -0.4 is 9.47 Å². The van der Waals surface area contributed by atoms with Crippen molar-refractivity contribution in [3.05, 3.63) is 29.3 Å². The maximum absolute atomic E-state index is 9.88. The van der Waals surface area contributed by atoms with Crippen LogP contribution in [0.2, 0.25) is 0 Å². The molecule has 128 valence electrons. The van der Waals surface area contributed by atoms with Crippen LogP contribution in [0.1, 0.15) is 30.4 Å². The van der Waals surface area contributed by atoms with Gasteiger partial charge in [-0.25, -0.2) is 0 Å². The van der Waals surface area contributed by atoms with Gasteiger partial charge in [0.2, 0.25) is 5.79 Å². The molecule has 3 atom stereocenters. The smallest absolute Gasteiger partial charge is 0.206 e. The normalized spacial score (nSPS) is 34.2. The zero-order valence-corrected chi connectivity index (χ0v) is 13.8. The molecule has 0 bridgehead atoms. The topological polar surface area (TPSA) is 57.2 Å². The highest BCUT2D eigenvalue weighted by molar-refractivity contribution is 5.70. The highest BCUT2D eigenvalue weighted by Crippen LogP contribution is 2.63. The van der Waals surface area contributed by atoms with Gasteiger partial charge >= 0.3 is 0 Å². The lowest BCUT2D eigenvalue weighted by molar-refractivity contribution is -0.249. The molecule has 1 saturated heterocycles. The van der Waals surface area contributed by atoms with E-state index in [0.717, 1.165) is 35.5 Å². The molecular formula is C19H22O5. The largest absolute Gasteiger partial charge is 0.493 e. The average molecular weight is 330 g/mol. The van der Waals surface area contributed by atoms with Crippen LogP contribution in [-0.2, 0) is 14.9 Å². The minimum Gasteiger partial charge on any atom is -0.493 e. The predicted octanol–water partition coefficient (Wildman–Crippen LogP) is 2.26. The third kappa shape index (κ3) is 1.60. The van der Waals surface area contributed by atoms with Crippen molar-refractivity contribution in [1.82, 2.24) is 0 Å². The fraction of sp³-hybridized carbons (Fsp3) is 0.579. The second kappa shape index (κ2) is 4.97. The monoisotopic (exact) mass is 330 g/mol. The summed E-state index contributed by atoms with van der Waals surface area (Å²) in [6.07, 6.45) is 6.61. The van der Waals surface area contributed by atoms with Gasteiger partial charge in [0.05, 0.1) is 25.7 Å². The molecule has 5 nitrogen and oxygen atoms in total. The lowest BCUT2D eigenvalue weighted by atomic mass is 9.56. The lowest BCUT2D eigenvalue weighted by Gasteiger charge is -2.51. The van der Waals surface area contributed by atoms with Crippen LogP contribution >= 0.6 is 0 Å². The van der Waals surface area contributed by atoms with E-state index in [0.29, 0.717) is 25.6 Å². The van der Waals surface area contributed by atoms with Gasteiger partial charge in [-0.3, -0.25) is 0 Å². The summed E-state index contributed by atoms with van der Waals surface area (Å²) in [5.74, 6) is 1.14. The minimum absolute atomic E-state index is 0.108. The number of ether oxygens (including phenoxy) is 4. The highest BCUT2D eigenvalue weighted by Gasteiger charge is 2.67. The van der Waals surface area contributed by atoms with Crippen LogP contribution in [0, 0.1) is 5.92 Å². The molecule has 1 saturated carbocycles. The molecule has 1 N–H and O–H groups in total. The Bertz CT molecular complexity index is 706. The number of methoxy groups -OCH3 is 1. The summed E-state index contributed by atoms with van der Waals surface area (Å²) in [4.78, 5) is 0. The van der Waals surface area contributed by atoms with Crippen molar-refractivity contribution in [3.63, 3.8) is 0 Å². The van der Waals surface area contributed by atoms with Crippen molar-refractivity contribution in [2.75, 3.05) is 26.9 Å². The van der Waals surface area contributed by atoms with Crippen LogP contribution in [-0.4, -0.2) is 43.9 Å². The number of aliphatic hydroxyl groups is 1. The molecule has 5 rings (SSSR count). The van der Waals surface area contributed by atoms with E-state index in [9.17, 15) is 5.11 Å². The summed E-state index contributed by atoms with van der Waals surface area (Å²) < 4.78 is 24.2. The predicted molar refractivity (Wildman–Crippen MR) is 87.2 cm³/mol. The van der Waals surface area contributed by atoms with E-state index >= 15 is 0 Å². The zero-order valence-electron chi connectivity index (χ0n) is 13.8. The number of allylic oxidation sites excluding steroid dienone is 1. The molecule has 3 unspecified atom stereocenters. The second-order valence-corrected chi connectivity index (χ2v) is 7.09. The summed E-state index contributed by atoms with van der Waals surface area (Å²) in [6.45, 7) is 1.29. The molecule has 2 aliphatic heterocycles. The quantitative estimate of drug-likeness (QED) is 0.921. The summed E-state index contributed by atoms with van der Waals surface area (Å²) in [6, 6.07) is 4.03. The van der Waals surface area contributed by atoms with E-state index in [4.69, 9.17) is 18.9 Å². The maximum atomic E-state index is 9.88. The number of rotatable bonds is 3. The summed E-state index contributed by atoms with van der Waals surface area (Å²) in [5, 5.41) is 9.88. The van der Waals surface area contributed by atoms with Gasteiger partial charge in [-0.15, -0.1) is 0 Å². The van der Waals surface area contributed by atoms with Crippen LogP contribution in [0.25, 0.3) is 6.08 Å². The summed E-state index contributed by atoms with van der Waals surface area (Å²) >= 11 is 0. The van der Waals surface area contributed by atoms with E-state index < -0.39 is 5.79 Å². The van der Waals surface area contributed by atoms with Gasteiger partial charge in [0.1, 0.15) is 0 Å². The van der Waals surface area contributed by atoms with E-state index in [1.165, 1.54) is 0 Å². The van der Waals surface area contributed by atoms with Gasteiger partial charge in [0.15, 0.2) is 17.6 Å². The van der Waals surface area contributed by atoms with Crippen molar-refractivity contribution < 1.29 is 24.1 Å². The molecular weight excluding hydrogens is 308 g/mol. The number of benzene rings is 1. The third-order valence-corrected chi connectivity index (χ3v) is 6.22. The van der Waals surface area contributed by atoms with Gasteiger partial charge in [-0.05, 0) is 30.4 Å². The van der Waals surface area contributed by atoms with Crippen LogP contribution in [0.5, 0.6) is 11.5 Å². The summed E-state index contributed by atoms with van der Waals surface area (Å²) in [7, 11) is 1.66. The van der Waals surface area contributed by atoms with Crippen LogP contribution in [0.3, 0.4) is 0 Å². The molecule has 0 aromatic heterocycles. The molecule has 1 spiro atoms. The van der Waals surface area contributed by atoms with E-state index in [-0.39, 0.29) is 18.1 Å². The molecule has 2 heterocycles. The molecule has 4 aliphatic rings. The number of hydrogen-bond acceptors (Lipinski definition) is 5. The van der Waals surface area contributed by atoms with Gasteiger partial charge in [0.25, 0.3) is 0 Å². The Kier molecular flexibility index (Phi) is 3.06. The van der Waals surface area contributed by atoms with Crippen molar-refractivity contribution in [1.29, 1.82) is 0 Å². The zero-order chi connectivity index (χ0) is 16.4. The molecule has 5 heteroatoms. The first kappa shape index (κ1) is 14.8. The van der Waals surface area contributed by atoms with Crippen molar-refractivity contribution in [2.24, 2.45) is 5.92 Å². The van der Waals surface area contributed by atoms with Crippen molar-refractivity contribution in [2.45, 2.75) is 36.6 Å². The molecule has 0 amide bonds. The fourth-order valence-electron chi connectivity index (χ4n) is 5.32. The van der Waals surface area contributed by atoms with Gasteiger partial charge in [-0.1, -0.05) is 18.2 Å². The summed E-state index contributed by atoms with van der Waals surface area (Å²) in [5.41, 5.74) is 1.99.